The van der Waals surface area contributed by atoms with Crippen LogP contribution in [0.2, 0.25) is 0 Å². The molecule has 0 spiro atoms. The van der Waals surface area contributed by atoms with Gasteiger partial charge in [-0.15, -0.1) is 0 Å². The summed E-state index contributed by atoms with van der Waals surface area (Å²) in [5, 5.41) is 7.94. The Balaban J connectivity index is 1.56. The third-order valence-electron chi connectivity index (χ3n) is 3.41. The van der Waals surface area contributed by atoms with E-state index in [1.54, 1.807) is 0 Å². The number of nitrogens with one attached hydrogen (secondary N) is 1. The summed E-state index contributed by atoms with van der Waals surface area (Å²) in [6.07, 6.45) is 5.60. The normalized spacial score (nSPS) is 14.9. The number of hydrogen-bond donors (Lipinski definition) is 1. The summed E-state index contributed by atoms with van der Waals surface area (Å²) in [4.78, 5) is 0. The molecule has 1 aliphatic rings. The van der Waals surface area contributed by atoms with Crippen LogP contribution >= 0.6 is 0 Å². The van der Waals surface area contributed by atoms with Crippen molar-refractivity contribution < 1.29 is 0 Å². The van der Waals surface area contributed by atoms with Gasteiger partial charge in [0.15, 0.2) is 0 Å². The lowest BCUT2D eigenvalue weighted by molar-refractivity contribution is 0.556. The molecule has 1 aromatic carbocycles. The smallest absolute Gasteiger partial charge is 0.0522 e. The van der Waals surface area contributed by atoms with Crippen molar-refractivity contribution in [2.45, 2.75) is 38.4 Å². The number of benzene rings is 1. The molecule has 0 aliphatic heterocycles. The fourth-order valence-electron chi connectivity index (χ4n) is 2.13. The molecule has 18 heavy (non-hydrogen) atoms. The standard InChI is InChI=1S/C15H19N3/c1-2-4-13(5-3-1)9-11-18-15(8-10-17-18)12-16-14-6-7-14/h1-5,8,10,14,16H,6-7,9,11-12H2. The minimum absolute atomic E-state index is 0.752. The minimum atomic E-state index is 0.752. The first kappa shape index (κ1) is 11.5. The number of nitrogens with zero attached hydrogens (tertiary/aromatic N) is 2. The van der Waals surface area contributed by atoms with Gasteiger partial charge in [0.2, 0.25) is 0 Å². The van der Waals surface area contributed by atoms with Crippen molar-refractivity contribution >= 4 is 0 Å². The van der Waals surface area contributed by atoms with Crippen molar-refractivity contribution in [2.75, 3.05) is 0 Å². The Kier molecular flexibility index (Phi) is 3.42. The van der Waals surface area contributed by atoms with Gasteiger partial charge in [0.1, 0.15) is 0 Å². The highest BCUT2D eigenvalue weighted by Crippen LogP contribution is 2.19. The molecule has 0 amide bonds. The van der Waals surface area contributed by atoms with Crippen LogP contribution in [0.5, 0.6) is 0 Å². The van der Waals surface area contributed by atoms with E-state index in [0.29, 0.717) is 0 Å². The molecule has 1 N–H and O–H groups in total. The molecule has 3 heteroatoms. The molecule has 0 atom stereocenters. The summed E-state index contributed by atoms with van der Waals surface area (Å²) >= 11 is 0. The maximum absolute atomic E-state index is 4.41. The molecule has 94 valence electrons. The molecular weight excluding hydrogens is 222 g/mol. The Bertz CT molecular complexity index is 485. The minimum Gasteiger partial charge on any atom is -0.308 e. The number of aryl methyl sites for hydroxylation is 2. The quantitative estimate of drug-likeness (QED) is 0.841. The van der Waals surface area contributed by atoms with Crippen LogP contribution < -0.4 is 5.32 Å². The summed E-state index contributed by atoms with van der Waals surface area (Å²) in [5.74, 6) is 0. The summed E-state index contributed by atoms with van der Waals surface area (Å²) in [5.41, 5.74) is 2.66. The molecule has 2 aromatic rings. The average Bonchev–Trinajstić information content (AvgIpc) is 3.14. The zero-order valence-corrected chi connectivity index (χ0v) is 10.5. The maximum Gasteiger partial charge on any atom is 0.0522 e. The van der Waals surface area contributed by atoms with Crippen LogP contribution in [0.4, 0.5) is 0 Å². The van der Waals surface area contributed by atoms with Crippen molar-refractivity contribution in [1.29, 1.82) is 0 Å². The van der Waals surface area contributed by atoms with Crippen molar-refractivity contribution in [3.8, 4) is 0 Å². The predicted molar refractivity (Wildman–Crippen MR) is 72.2 cm³/mol. The van der Waals surface area contributed by atoms with E-state index in [-0.39, 0.29) is 0 Å². The van der Waals surface area contributed by atoms with E-state index in [0.717, 1.165) is 25.6 Å². The lowest BCUT2D eigenvalue weighted by atomic mass is 10.1. The van der Waals surface area contributed by atoms with Crippen LogP contribution in [0.15, 0.2) is 42.6 Å². The number of rotatable bonds is 6. The van der Waals surface area contributed by atoms with Gasteiger partial charge in [-0.25, -0.2) is 0 Å². The molecule has 1 heterocycles. The Morgan fingerprint density at radius 1 is 1.17 bits per heavy atom. The van der Waals surface area contributed by atoms with Gasteiger partial charge in [-0.2, -0.15) is 5.10 Å². The van der Waals surface area contributed by atoms with E-state index < -0.39 is 0 Å². The number of hydrogen-bond acceptors (Lipinski definition) is 2. The van der Waals surface area contributed by atoms with Crippen molar-refractivity contribution in [3.05, 3.63) is 53.9 Å². The predicted octanol–water partition coefficient (Wildman–Crippen LogP) is 2.38. The molecular formula is C15H19N3. The molecule has 3 nitrogen and oxygen atoms in total. The Labute approximate surface area is 108 Å². The Morgan fingerprint density at radius 2 is 2.00 bits per heavy atom. The molecule has 0 radical (unpaired) electrons. The third kappa shape index (κ3) is 2.99. The van der Waals surface area contributed by atoms with E-state index in [4.69, 9.17) is 0 Å². The van der Waals surface area contributed by atoms with Crippen LogP contribution in [0.25, 0.3) is 0 Å². The van der Waals surface area contributed by atoms with Gasteiger partial charge in [-0.1, -0.05) is 30.3 Å². The van der Waals surface area contributed by atoms with Gasteiger partial charge in [-0.05, 0) is 30.9 Å². The molecule has 1 saturated carbocycles. The van der Waals surface area contributed by atoms with Gasteiger partial charge in [0.05, 0.1) is 5.69 Å². The van der Waals surface area contributed by atoms with Gasteiger partial charge in [0.25, 0.3) is 0 Å². The van der Waals surface area contributed by atoms with Gasteiger partial charge < -0.3 is 5.32 Å². The van der Waals surface area contributed by atoms with Gasteiger partial charge >= 0.3 is 0 Å². The first-order valence-electron chi connectivity index (χ1n) is 6.70. The van der Waals surface area contributed by atoms with Crippen LogP contribution in [0.3, 0.4) is 0 Å². The first-order chi connectivity index (χ1) is 8.92. The molecule has 1 aliphatic carbocycles. The monoisotopic (exact) mass is 241 g/mol. The van der Waals surface area contributed by atoms with Gasteiger partial charge in [0, 0.05) is 25.3 Å². The highest BCUT2D eigenvalue weighted by molar-refractivity contribution is 5.14. The molecule has 0 unspecified atom stereocenters. The van der Waals surface area contributed by atoms with Crippen LogP contribution in [-0.2, 0) is 19.5 Å². The molecule has 3 rings (SSSR count). The second-order valence-electron chi connectivity index (χ2n) is 4.94. The van der Waals surface area contributed by atoms with Crippen molar-refractivity contribution in [3.63, 3.8) is 0 Å². The Hall–Kier alpha value is -1.61. The SMILES string of the molecule is c1ccc(CCn2nccc2CNC2CC2)cc1. The highest BCUT2D eigenvalue weighted by Gasteiger charge is 2.20. The summed E-state index contributed by atoms with van der Waals surface area (Å²) in [7, 11) is 0. The van der Waals surface area contributed by atoms with Crippen LogP contribution in [-0.4, -0.2) is 15.8 Å². The molecule has 0 saturated heterocycles. The zero-order chi connectivity index (χ0) is 12.2. The fraction of sp³-hybridized carbons (Fsp3) is 0.400. The second kappa shape index (κ2) is 5.36. The third-order valence-corrected chi connectivity index (χ3v) is 3.41. The van der Waals surface area contributed by atoms with Gasteiger partial charge in [-0.3, -0.25) is 4.68 Å². The summed E-state index contributed by atoms with van der Waals surface area (Å²) < 4.78 is 2.11. The molecule has 1 aromatic heterocycles. The largest absolute Gasteiger partial charge is 0.308 e. The first-order valence-corrected chi connectivity index (χ1v) is 6.70. The van der Waals surface area contributed by atoms with E-state index in [9.17, 15) is 0 Å². The van der Waals surface area contributed by atoms with Crippen LogP contribution in [0.1, 0.15) is 24.1 Å². The van der Waals surface area contributed by atoms with E-state index >= 15 is 0 Å². The number of aromatic nitrogens is 2. The lowest BCUT2D eigenvalue weighted by Gasteiger charge is -2.08. The topological polar surface area (TPSA) is 29.9 Å². The van der Waals surface area contributed by atoms with E-state index in [2.05, 4.69) is 51.5 Å². The lowest BCUT2D eigenvalue weighted by Crippen LogP contribution is -2.19. The summed E-state index contributed by atoms with van der Waals surface area (Å²) in [6.45, 7) is 1.90. The van der Waals surface area contributed by atoms with Crippen molar-refractivity contribution in [1.82, 2.24) is 15.1 Å². The molecule has 1 fully saturated rings. The second-order valence-corrected chi connectivity index (χ2v) is 4.94. The maximum atomic E-state index is 4.41. The van der Waals surface area contributed by atoms with E-state index in [1.165, 1.54) is 24.1 Å². The average molecular weight is 241 g/mol. The fourth-order valence-corrected chi connectivity index (χ4v) is 2.13. The van der Waals surface area contributed by atoms with Crippen molar-refractivity contribution in [2.24, 2.45) is 0 Å². The Morgan fingerprint density at radius 3 is 2.78 bits per heavy atom. The highest BCUT2D eigenvalue weighted by atomic mass is 15.3. The molecule has 0 bridgehead atoms. The summed E-state index contributed by atoms with van der Waals surface area (Å²) in [6, 6.07) is 13.4. The van der Waals surface area contributed by atoms with E-state index in [1.807, 2.05) is 6.20 Å². The van der Waals surface area contributed by atoms with Crippen LogP contribution in [0, 0.1) is 0 Å². The zero-order valence-electron chi connectivity index (χ0n) is 10.5.